The van der Waals surface area contributed by atoms with Crippen LogP contribution in [0.1, 0.15) is 29.2 Å². The lowest BCUT2D eigenvalue weighted by molar-refractivity contribution is -0.116. The largest absolute Gasteiger partial charge is 0.487 e. The van der Waals surface area contributed by atoms with Gasteiger partial charge in [-0.05, 0) is 93.5 Å². The van der Waals surface area contributed by atoms with Gasteiger partial charge in [-0.25, -0.2) is 4.39 Å². The summed E-state index contributed by atoms with van der Waals surface area (Å²) in [5.41, 5.74) is 4.68. The Kier molecular flexibility index (Phi) is 8.31. The van der Waals surface area contributed by atoms with Crippen LogP contribution in [0, 0.1) is 5.82 Å². The van der Waals surface area contributed by atoms with Gasteiger partial charge in [0.25, 0.3) is 5.91 Å². The second kappa shape index (κ2) is 11.6. The van der Waals surface area contributed by atoms with Crippen LogP contribution in [0.15, 0.2) is 82.7 Å². The lowest BCUT2D eigenvalue weighted by atomic mass is 10.1. The summed E-state index contributed by atoms with van der Waals surface area (Å²) in [5.74, 6) is 0.311. The normalized spacial score (nSPS) is 16.3. The molecule has 1 saturated heterocycles. The molecule has 0 saturated carbocycles. The number of hydrogen-bond donors (Lipinski definition) is 2. The Hall–Kier alpha value is -3.03. The summed E-state index contributed by atoms with van der Waals surface area (Å²) in [6, 6.07) is 18.4. The molecule has 1 fully saturated rings. The van der Waals surface area contributed by atoms with Gasteiger partial charge >= 0.3 is 0 Å². The molecule has 4 nitrogen and oxygen atoms in total. The zero-order valence-electron chi connectivity index (χ0n) is 19.3. The molecule has 1 atom stereocenters. The fourth-order valence-corrected chi connectivity index (χ4v) is 5.29. The summed E-state index contributed by atoms with van der Waals surface area (Å²) in [6.07, 6.45) is 5.28. The van der Waals surface area contributed by atoms with Crippen molar-refractivity contribution in [3.05, 3.63) is 111 Å². The molecular formula is C28H26BrFN2O2S. The van der Waals surface area contributed by atoms with Crippen molar-refractivity contribution in [2.45, 2.75) is 31.9 Å². The van der Waals surface area contributed by atoms with Gasteiger partial charge in [0.15, 0.2) is 5.50 Å². The van der Waals surface area contributed by atoms with E-state index in [1.165, 1.54) is 29.5 Å². The highest BCUT2D eigenvalue weighted by Gasteiger charge is 2.27. The summed E-state index contributed by atoms with van der Waals surface area (Å²) in [6.45, 7) is 6.29. The number of halogens is 2. The Morgan fingerprint density at radius 2 is 1.86 bits per heavy atom. The van der Waals surface area contributed by atoms with Crippen molar-refractivity contribution in [1.82, 2.24) is 5.32 Å². The molecule has 0 unspecified atom stereocenters. The average Bonchev–Trinajstić information content (AvgIpc) is 3.18. The quantitative estimate of drug-likeness (QED) is 0.220. The van der Waals surface area contributed by atoms with E-state index in [1.54, 1.807) is 12.1 Å². The molecule has 3 aromatic rings. The van der Waals surface area contributed by atoms with E-state index in [0.717, 1.165) is 33.3 Å². The number of aryl methyl sites for hydroxylation is 1. The third kappa shape index (κ3) is 6.55. The van der Waals surface area contributed by atoms with Crippen LogP contribution in [0.4, 0.5) is 10.1 Å². The van der Waals surface area contributed by atoms with E-state index in [0.29, 0.717) is 23.7 Å². The molecule has 0 radical (unpaired) electrons. The number of carbonyl (C=O) groups excluding carboxylic acids is 1. The second-order valence-corrected chi connectivity index (χ2v) is 10.1. The molecule has 1 aliphatic rings. The van der Waals surface area contributed by atoms with Gasteiger partial charge in [0.1, 0.15) is 18.2 Å². The third-order valence-corrected chi connectivity index (χ3v) is 7.11. The molecular weight excluding hydrogens is 527 g/mol. The molecule has 35 heavy (non-hydrogen) atoms. The summed E-state index contributed by atoms with van der Waals surface area (Å²) in [4.78, 5) is 13.2. The highest BCUT2D eigenvalue weighted by Crippen LogP contribution is 2.35. The maximum atomic E-state index is 13.2. The predicted octanol–water partition coefficient (Wildman–Crippen LogP) is 7.06. The first kappa shape index (κ1) is 25.1. The van der Waals surface area contributed by atoms with E-state index in [-0.39, 0.29) is 17.2 Å². The topological polar surface area (TPSA) is 50.4 Å². The summed E-state index contributed by atoms with van der Waals surface area (Å²) in [7, 11) is 0. The van der Waals surface area contributed by atoms with Gasteiger partial charge in [0, 0.05) is 5.69 Å². The number of rotatable bonds is 9. The number of amides is 1. The van der Waals surface area contributed by atoms with Crippen LogP contribution in [-0.2, 0) is 24.2 Å². The lowest BCUT2D eigenvalue weighted by Crippen LogP contribution is -2.30. The number of ether oxygens (including phenoxy) is 1. The number of benzene rings is 3. The molecule has 4 rings (SSSR count). The van der Waals surface area contributed by atoms with E-state index >= 15 is 0 Å². The Morgan fingerprint density at radius 1 is 1.14 bits per heavy atom. The second-order valence-electron chi connectivity index (χ2n) is 8.07. The van der Waals surface area contributed by atoms with Crippen molar-refractivity contribution in [2.75, 3.05) is 5.32 Å². The standard InChI is InChI=1S/C28H26BrFN2O2S/c1-3-5-21-14-20(15-24(29)26(21)34-17-19-6-10-22(30)11-7-19)16-25-27(33)32-28(35-25)31-23-12-8-18(4-2)9-13-23/h3,6-16,28,31H,1,4-5,17H2,2H3,(H,32,33)/b25-16-/t28-/m1/s1. The first-order valence-corrected chi connectivity index (χ1v) is 13.0. The molecule has 0 aliphatic carbocycles. The van der Waals surface area contributed by atoms with Gasteiger partial charge in [0.2, 0.25) is 0 Å². The monoisotopic (exact) mass is 552 g/mol. The van der Waals surface area contributed by atoms with Gasteiger partial charge in [-0.15, -0.1) is 6.58 Å². The Bertz CT molecular complexity index is 1240. The zero-order chi connectivity index (χ0) is 24.8. The number of thioether (sulfide) groups is 1. The molecule has 7 heteroatoms. The first-order valence-electron chi connectivity index (χ1n) is 11.3. The van der Waals surface area contributed by atoms with Crippen LogP contribution in [-0.4, -0.2) is 11.4 Å². The number of carbonyl (C=O) groups is 1. The molecule has 0 aromatic heterocycles. The van der Waals surface area contributed by atoms with Crippen LogP contribution in [0.25, 0.3) is 6.08 Å². The van der Waals surface area contributed by atoms with E-state index < -0.39 is 0 Å². The van der Waals surface area contributed by atoms with Crippen LogP contribution in [0.5, 0.6) is 5.75 Å². The van der Waals surface area contributed by atoms with Crippen LogP contribution < -0.4 is 15.4 Å². The summed E-state index contributed by atoms with van der Waals surface area (Å²) in [5, 5.41) is 6.33. The predicted molar refractivity (Wildman–Crippen MR) is 146 cm³/mol. The van der Waals surface area contributed by atoms with Crippen LogP contribution in [0.2, 0.25) is 0 Å². The number of allylic oxidation sites excluding steroid dienone is 1. The lowest BCUT2D eigenvalue weighted by Gasteiger charge is -2.14. The van der Waals surface area contributed by atoms with Gasteiger partial charge in [-0.1, -0.05) is 49.0 Å². The summed E-state index contributed by atoms with van der Waals surface area (Å²) >= 11 is 5.07. The molecule has 1 heterocycles. The minimum Gasteiger partial charge on any atom is -0.487 e. The fraction of sp³-hybridized carbons (Fsp3) is 0.179. The SMILES string of the molecule is C=CCc1cc(/C=C2\S[C@H](Nc3ccc(CC)cc3)NC2=O)cc(Br)c1OCc1ccc(F)cc1. The van der Waals surface area contributed by atoms with E-state index in [2.05, 4.69) is 52.2 Å². The molecule has 2 N–H and O–H groups in total. The minimum absolute atomic E-state index is 0.115. The Morgan fingerprint density at radius 3 is 2.54 bits per heavy atom. The van der Waals surface area contributed by atoms with Gasteiger partial charge < -0.3 is 15.4 Å². The molecule has 0 bridgehead atoms. The molecule has 3 aromatic carbocycles. The van der Waals surface area contributed by atoms with Crippen LogP contribution >= 0.6 is 27.7 Å². The molecule has 180 valence electrons. The molecule has 0 spiro atoms. The fourth-order valence-electron chi connectivity index (χ4n) is 3.67. The van der Waals surface area contributed by atoms with Crippen molar-refractivity contribution in [3.8, 4) is 5.75 Å². The highest BCUT2D eigenvalue weighted by molar-refractivity contribution is 9.10. The number of anilines is 1. The van der Waals surface area contributed by atoms with Crippen molar-refractivity contribution in [1.29, 1.82) is 0 Å². The van der Waals surface area contributed by atoms with Gasteiger partial charge in [-0.2, -0.15) is 0 Å². The Balaban J connectivity index is 1.49. The highest BCUT2D eigenvalue weighted by atomic mass is 79.9. The van der Waals surface area contributed by atoms with Crippen LogP contribution in [0.3, 0.4) is 0 Å². The molecule has 1 amide bonds. The van der Waals surface area contributed by atoms with Crippen molar-refractivity contribution < 1.29 is 13.9 Å². The smallest absolute Gasteiger partial charge is 0.260 e. The zero-order valence-corrected chi connectivity index (χ0v) is 21.7. The molecule has 1 aliphatic heterocycles. The third-order valence-electron chi connectivity index (χ3n) is 5.49. The first-order chi connectivity index (χ1) is 16.9. The van der Waals surface area contributed by atoms with Crippen molar-refractivity contribution >= 4 is 45.4 Å². The van der Waals surface area contributed by atoms with Gasteiger partial charge in [-0.3, -0.25) is 4.79 Å². The summed E-state index contributed by atoms with van der Waals surface area (Å²) < 4.78 is 20.0. The van der Waals surface area contributed by atoms with Gasteiger partial charge in [0.05, 0.1) is 9.38 Å². The van der Waals surface area contributed by atoms with E-state index in [1.807, 2.05) is 36.4 Å². The van der Waals surface area contributed by atoms with Crippen molar-refractivity contribution in [2.24, 2.45) is 0 Å². The number of nitrogens with one attached hydrogen (secondary N) is 2. The number of hydrogen-bond acceptors (Lipinski definition) is 4. The Labute approximate surface area is 217 Å². The minimum atomic E-state index is -0.277. The average molecular weight is 553 g/mol. The van der Waals surface area contributed by atoms with E-state index in [9.17, 15) is 9.18 Å². The maximum absolute atomic E-state index is 13.2. The van der Waals surface area contributed by atoms with Crippen molar-refractivity contribution in [3.63, 3.8) is 0 Å². The van der Waals surface area contributed by atoms with E-state index in [4.69, 9.17) is 4.74 Å². The maximum Gasteiger partial charge on any atom is 0.260 e.